The molecule has 4 aromatic rings. The maximum absolute atomic E-state index is 13.1. The quantitative estimate of drug-likeness (QED) is 0.350. The van der Waals surface area contributed by atoms with E-state index in [1.807, 2.05) is 35.0 Å². The van der Waals surface area contributed by atoms with E-state index in [1.165, 1.54) is 12.1 Å². The molecule has 4 heterocycles. The molecule has 6 nitrogen and oxygen atoms in total. The van der Waals surface area contributed by atoms with Crippen LogP contribution in [0.25, 0.3) is 11.5 Å². The van der Waals surface area contributed by atoms with E-state index < -0.39 is 0 Å². The molecule has 156 valence electrons. The second-order valence-electron chi connectivity index (χ2n) is 6.67. The number of hydrazone groups is 1. The first kappa shape index (κ1) is 20.1. The standard InChI is InChI=1S/C21H15FN4O2S3/c22-14-7-5-13(6-8-14)20-23-24-21(28-20)31-12-19(27)26-16(18-4-2-10-30-18)11-15(25-26)17-3-1-9-29-17/h1-10,16H,11-12H2/t16-/m1/s1. The molecule has 1 aliphatic heterocycles. The smallest absolute Gasteiger partial charge is 0.277 e. The molecule has 0 spiro atoms. The molecule has 0 aliphatic carbocycles. The molecule has 10 heteroatoms. The van der Waals surface area contributed by atoms with Crippen molar-refractivity contribution in [2.45, 2.75) is 17.7 Å². The van der Waals surface area contributed by atoms with Crippen LogP contribution in [0.4, 0.5) is 4.39 Å². The van der Waals surface area contributed by atoms with Crippen LogP contribution < -0.4 is 0 Å². The average molecular weight is 471 g/mol. The summed E-state index contributed by atoms with van der Waals surface area (Å²) in [7, 11) is 0. The van der Waals surface area contributed by atoms with Crippen molar-refractivity contribution >= 4 is 46.1 Å². The molecule has 1 aromatic carbocycles. The Morgan fingerprint density at radius 1 is 1.13 bits per heavy atom. The molecule has 0 N–H and O–H groups in total. The summed E-state index contributed by atoms with van der Waals surface area (Å²) in [6.07, 6.45) is 0.687. The van der Waals surface area contributed by atoms with E-state index in [-0.39, 0.29) is 34.6 Å². The number of rotatable bonds is 6. The first-order chi connectivity index (χ1) is 15.2. The van der Waals surface area contributed by atoms with Gasteiger partial charge >= 0.3 is 0 Å². The van der Waals surface area contributed by atoms with Gasteiger partial charge in [-0.1, -0.05) is 23.9 Å². The molecule has 3 aromatic heterocycles. The predicted octanol–water partition coefficient (Wildman–Crippen LogP) is 5.47. The van der Waals surface area contributed by atoms with E-state index in [1.54, 1.807) is 39.8 Å². The number of hydrogen-bond donors (Lipinski definition) is 0. The van der Waals surface area contributed by atoms with Crippen LogP contribution in [0.15, 0.2) is 74.0 Å². The molecule has 0 saturated heterocycles. The Morgan fingerprint density at radius 3 is 2.68 bits per heavy atom. The van der Waals surface area contributed by atoms with Crippen LogP contribution in [0.3, 0.4) is 0 Å². The maximum atomic E-state index is 13.1. The summed E-state index contributed by atoms with van der Waals surface area (Å²) in [5.41, 5.74) is 1.54. The topological polar surface area (TPSA) is 71.6 Å². The van der Waals surface area contributed by atoms with Gasteiger partial charge < -0.3 is 4.42 Å². The highest BCUT2D eigenvalue weighted by atomic mass is 32.2. The van der Waals surface area contributed by atoms with Crippen molar-refractivity contribution in [3.8, 4) is 11.5 Å². The summed E-state index contributed by atoms with van der Waals surface area (Å²) in [5.74, 6) is -0.0624. The largest absolute Gasteiger partial charge is 0.411 e. The Bertz CT molecular complexity index is 1200. The zero-order chi connectivity index (χ0) is 21.2. The molecular weight excluding hydrogens is 455 g/mol. The van der Waals surface area contributed by atoms with Gasteiger partial charge in [-0.2, -0.15) is 5.10 Å². The van der Waals surface area contributed by atoms with Crippen LogP contribution in [0, 0.1) is 5.82 Å². The van der Waals surface area contributed by atoms with Crippen molar-refractivity contribution < 1.29 is 13.6 Å². The van der Waals surface area contributed by atoms with E-state index in [0.717, 1.165) is 27.2 Å². The van der Waals surface area contributed by atoms with Crippen LogP contribution in [0.2, 0.25) is 0 Å². The number of amides is 1. The van der Waals surface area contributed by atoms with Crippen LogP contribution >= 0.6 is 34.4 Å². The van der Waals surface area contributed by atoms with Crippen molar-refractivity contribution in [2.24, 2.45) is 5.10 Å². The number of nitrogens with zero attached hydrogens (tertiary/aromatic N) is 4. The fourth-order valence-corrected chi connectivity index (χ4v) is 5.35. The van der Waals surface area contributed by atoms with Gasteiger partial charge in [-0.15, -0.1) is 32.9 Å². The van der Waals surface area contributed by atoms with Gasteiger partial charge in [-0.05, 0) is 47.2 Å². The number of benzene rings is 1. The van der Waals surface area contributed by atoms with E-state index in [2.05, 4.69) is 15.3 Å². The molecule has 31 heavy (non-hydrogen) atoms. The molecule has 0 fully saturated rings. The van der Waals surface area contributed by atoms with Crippen molar-refractivity contribution in [1.29, 1.82) is 0 Å². The summed E-state index contributed by atoms with van der Waals surface area (Å²) >= 11 is 4.40. The molecular formula is C21H15FN4O2S3. The highest BCUT2D eigenvalue weighted by molar-refractivity contribution is 7.99. The molecule has 1 aliphatic rings. The van der Waals surface area contributed by atoms with E-state index in [9.17, 15) is 9.18 Å². The first-order valence-electron chi connectivity index (χ1n) is 9.36. The zero-order valence-corrected chi connectivity index (χ0v) is 18.4. The Labute approximate surface area is 189 Å². The van der Waals surface area contributed by atoms with Gasteiger partial charge in [0.05, 0.1) is 22.4 Å². The van der Waals surface area contributed by atoms with Crippen molar-refractivity contribution in [3.63, 3.8) is 0 Å². The number of carbonyl (C=O) groups is 1. The van der Waals surface area contributed by atoms with Gasteiger partial charge in [-0.3, -0.25) is 4.79 Å². The molecule has 0 saturated carbocycles. The van der Waals surface area contributed by atoms with Gasteiger partial charge in [-0.25, -0.2) is 9.40 Å². The first-order valence-corrected chi connectivity index (χ1v) is 12.1. The predicted molar refractivity (Wildman–Crippen MR) is 120 cm³/mol. The fourth-order valence-electron chi connectivity index (χ4n) is 3.20. The lowest BCUT2D eigenvalue weighted by atomic mass is 10.1. The molecule has 5 rings (SSSR count). The molecule has 0 bridgehead atoms. The second kappa shape index (κ2) is 8.74. The lowest BCUT2D eigenvalue weighted by Crippen LogP contribution is -2.28. The number of halogens is 1. The third kappa shape index (κ3) is 4.32. The summed E-state index contributed by atoms with van der Waals surface area (Å²) in [5, 5.41) is 18.5. The third-order valence-corrected chi connectivity index (χ3v) is 7.36. The fraction of sp³-hybridized carbons (Fsp3) is 0.143. The van der Waals surface area contributed by atoms with E-state index in [0.29, 0.717) is 12.0 Å². The third-order valence-electron chi connectivity index (χ3n) is 4.66. The van der Waals surface area contributed by atoms with Gasteiger partial charge in [0.2, 0.25) is 5.89 Å². The Balaban J connectivity index is 1.30. The van der Waals surface area contributed by atoms with Gasteiger partial charge in [0.15, 0.2) is 0 Å². The summed E-state index contributed by atoms with van der Waals surface area (Å²) in [4.78, 5) is 15.2. The number of carbonyl (C=O) groups excluding carboxylic acids is 1. The molecule has 1 atom stereocenters. The zero-order valence-electron chi connectivity index (χ0n) is 16.0. The van der Waals surface area contributed by atoms with Gasteiger partial charge in [0.1, 0.15) is 5.82 Å². The summed E-state index contributed by atoms with van der Waals surface area (Å²) < 4.78 is 18.7. The minimum absolute atomic E-state index is 0.109. The molecule has 0 radical (unpaired) electrons. The number of thiophene rings is 2. The lowest BCUT2D eigenvalue weighted by molar-refractivity contribution is -0.130. The van der Waals surface area contributed by atoms with E-state index >= 15 is 0 Å². The van der Waals surface area contributed by atoms with Crippen LogP contribution in [-0.4, -0.2) is 32.6 Å². The van der Waals surface area contributed by atoms with Crippen molar-refractivity contribution in [1.82, 2.24) is 15.2 Å². The molecule has 0 unspecified atom stereocenters. The number of hydrogen-bond acceptors (Lipinski definition) is 8. The summed E-state index contributed by atoms with van der Waals surface area (Å²) in [6, 6.07) is 13.7. The SMILES string of the molecule is O=C(CSc1nnc(-c2ccc(F)cc2)o1)N1N=C(c2cccs2)C[C@@H]1c1cccs1. The van der Waals surface area contributed by atoms with Gasteiger partial charge in [0, 0.05) is 16.9 Å². The highest BCUT2D eigenvalue weighted by Crippen LogP contribution is 2.36. The van der Waals surface area contributed by atoms with Crippen molar-refractivity contribution in [2.75, 3.05) is 5.75 Å². The normalized spacial score (nSPS) is 16.0. The van der Waals surface area contributed by atoms with Crippen molar-refractivity contribution in [3.05, 3.63) is 74.9 Å². The van der Waals surface area contributed by atoms with Crippen LogP contribution in [0.5, 0.6) is 0 Å². The lowest BCUT2D eigenvalue weighted by Gasteiger charge is -2.20. The minimum atomic E-state index is -0.336. The number of thioether (sulfide) groups is 1. The van der Waals surface area contributed by atoms with E-state index in [4.69, 9.17) is 4.42 Å². The minimum Gasteiger partial charge on any atom is -0.411 e. The van der Waals surface area contributed by atoms with Crippen LogP contribution in [0.1, 0.15) is 22.2 Å². The van der Waals surface area contributed by atoms with Crippen LogP contribution in [-0.2, 0) is 4.79 Å². The summed E-state index contributed by atoms with van der Waals surface area (Å²) in [6.45, 7) is 0. The Morgan fingerprint density at radius 2 is 1.94 bits per heavy atom. The monoisotopic (exact) mass is 470 g/mol. The van der Waals surface area contributed by atoms with Gasteiger partial charge in [0.25, 0.3) is 11.1 Å². The molecule has 1 amide bonds. The highest BCUT2D eigenvalue weighted by Gasteiger charge is 2.34. The average Bonchev–Trinajstić information content (AvgIpc) is 3.58. The second-order valence-corrected chi connectivity index (χ2v) is 9.52. The maximum Gasteiger partial charge on any atom is 0.277 e. The number of aromatic nitrogens is 2. The Kier molecular flexibility index (Phi) is 5.66. The Hall–Kier alpha value is -2.82.